The summed E-state index contributed by atoms with van der Waals surface area (Å²) in [5.41, 5.74) is 4.91. The van der Waals surface area contributed by atoms with E-state index in [-0.39, 0.29) is 12.5 Å². The molecule has 0 atom stereocenters. The topological polar surface area (TPSA) is 66.5 Å². The Morgan fingerprint density at radius 2 is 1.78 bits per heavy atom. The van der Waals surface area contributed by atoms with E-state index < -0.39 is 10.0 Å². The summed E-state index contributed by atoms with van der Waals surface area (Å²) in [5, 5.41) is 2.87. The SMILES string of the molecule is CCc1ccc(CC)c(CNC(=O)CN(c2cccc(C)c2)S(C)(=O)=O)c1. The highest BCUT2D eigenvalue weighted by molar-refractivity contribution is 7.92. The van der Waals surface area contributed by atoms with Crippen LogP contribution in [0.2, 0.25) is 0 Å². The zero-order valence-corrected chi connectivity index (χ0v) is 17.3. The van der Waals surface area contributed by atoms with Gasteiger partial charge in [0.05, 0.1) is 11.9 Å². The first-order valence-corrected chi connectivity index (χ1v) is 11.0. The second-order valence-corrected chi connectivity index (χ2v) is 8.60. The van der Waals surface area contributed by atoms with Crippen molar-refractivity contribution >= 4 is 21.6 Å². The number of carbonyl (C=O) groups excluding carboxylic acids is 1. The molecule has 1 amide bonds. The number of nitrogens with zero attached hydrogens (tertiary/aromatic N) is 1. The van der Waals surface area contributed by atoms with Gasteiger partial charge in [-0.05, 0) is 54.2 Å². The molecule has 27 heavy (non-hydrogen) atoms. The van der Waals surface area contributed by atoms with E-state index in [9.17, 15) is 13.2 Å². The molecule has 5 nitrogen and oxygen atoms in total. The molecule has 0 radical (unpaired) electrons. The lowest BCUT2D eigenvalue weighted by atomic mass is 10.0. The Labute approximate surface area is 162 Å². The Hall–Kier alpha value is -2.34. The molecule has 0 aliphatic carbocycles. The van der Waals surface area contributed by atoms with Gasteiger partial charge in [-0.2, -0.15) is 0 Å². The second kappa shape index (κ2) is 9.04. The molecule has 2 aromatic carbocycles. The molecule has 2 rings (SSSR count). The highest BCUT2D eigenvalue weighted by Crippen LogP contribution is 2.19. The molecule has 0 spiro atoms. The van der Waals surface area contributed by atoms with Gasteiger partial charge >= 0.3 is 0 Å². The summed E-state index contributed by atoms with van der Waals surface area (Å²) < 4.78 is 25.5. The molecule has 0 fully saturated rings. The number of hydrogen-bond donors (Lipinski definition) is 1. The van der Waals surface area contributed by atoms with E-state index in [1.54, 1.807) is 18.2 Å². The summed E-state index contributed by atoms with van der Waals surface area (Å²) >= 11 is 0. The summed E-state index contributed by atoms with van der Waals surface area (Å²) in [5.74, 6) is -0.328. The maximum Gasteiger partial charge on any atom is 0.241 e. The summed E-state index contributed by atoms with van der Waals surface area (Å²) in [6.45, 7) is 6.21. The molecule has 1 N–H and O–H groups in total. The van der Waals surface area contributed by atoms with Gasteiger partial charge in [-0.15, -0.1) is 0 Å². The molecule has 0 saturated heterocycles. The van der Waals surface area contributed by atoms with Gasteiger partial charge in [0.2, 0.25) is 15.9 Å². The van der Waals surface area contributed by atoms with Crippen molar-refractivity contribution in [1.29, 1.82) is 0 Å². The van der Waals surface area contributed by atoms with E-state index in [0.29, 0.717) is 12.2 Å². The highest BCUT2D eigenvalue weighted by Gasteiger charge is 2.21. The number of rotatable bonds is 8. The van der Waals surface area contributed by atoms with Crippen molar-refractivity contribution in [2.24, 2.45) is 0 Å². The molecule has 0 aliphatic heterocycles. The van der Waals surface area contributed by atoms with Crippen LogP contribution in [0.3, 0.4) is 0 Å². The van der Waals surface area contributed by atoms with Crippen LogP contribution < -0.4 is 9.62 Å². The lowest BCUT2D eigenvalue weighted by Gasteiger charge is -2.22. The van der Waals surface area contributed by atoms with E-state index in [4.69, 9.17) is 0 Å². The average molecular weight is 389 g/mol. The third kappa shape index (κ3) is 5.82. The van der Waals surface area contributed by atoms with E-state index in [0.717, 1.165) is 34.5 Å². The molecule has 0 heterocycles. The quantitative estimate of drug-likeness (QED) is 0.755. The minimum absolute atomic E-state index is 0.239. The first kappa shape index (κ1) is 21.0. The molecule has 0 unspecified atom stereocenters. The maximum atomic E-state index is 12.5. The van der Waals surface area contributed by atoms with Crippen LogP contribution in [-0.2, 0) is 34.2 Å². The Kier molecular flexibility index (Phi) is 7.02. The van der Waals surface area contributed by atoms with Crippen molar-refractivity contribution < 1.29 is 13.2 Å². The van der Waals surface area contributed by atoms with Crippen LogP contribution in [0.15, 0.2) is 42.5 Å². The highest BCUT2D eigenvalue weighted by atomic mass is 32.2. The summed E-state index contributed by atoms with van der Waals surface area (Å²) in [6, 6.07) is 13.4. The smallest absolute Gasteiger partial charge is 0.241 e. The zero-order chi connectivity index (χ0) is 20.0. The van der Waals surface area contributed by atoms with E-state index in [1.165, 1.54) is 11.1 Å². The van der Waals surface area contributed by atoms with Gasteiger partial charge in [0.1, 0.15) is 6.54 Å². The lowest BCUT2D eigenvalue weighted by Crippen LogP contribution is -2.40. The van der Waals surface area contributed by atoms with Gasteiger partial charge in [0.15, 0.2) is 0 Å². The number of carbonyl (C=O) groups is 1. The first-order chi connectivity index (χ1) is 12.7. The van der Waals surface area contributed by atoms with E-state index >= 15 is 0 Å². The van der Waals surface area contributed by atoms with Crippen LogP contribution in [0.25, 0.3) is 0 Å². The van der Waals surface area contributed by atoms with Gasteiger partial charge in [0, 0.05) is 6.54 Å². The Bertz CT molecular complexity index is 907. The van der Waals surface area contributed by atoms with Gasteiger partial charge in [-0.3, -0.25) is 9.10 Å². The molecule has 6 heteroatoms. The Balaban J connectivity index is 2.13. The number of anilines is 1. The largest absolute Gasteiger partial charge is 0.350 e. The predicted molar refractivity (Wildman–Crippen MR) is 110 cm³/mol. The lowest BCUT2D eigenvalue weighted by molar-refractivity contribution is -0.119. The standard InChI is InChI=1S/C21H28N2O3S/c1-5-17-10-11-18(6-2)19(13-17)14-22-21(24)15-23(27(4,25)26)20-9-7-8-16(3)12-20/h7-13H,5-6,14-15H2,1-4H3,(H,22,24). The third-order valence-electron chi connectivity index (χ3n) is 4.51. The van der Waals surface area contributed by atoms with Crippen molar-refractivity contribution in [2.75, 3.05) is 17.1 Å². The van der Waals surface area contributed by atoms with Crippen molar-refractivity contribution in [3.05, 3.63) is 64.7 Å². The van der Waals surface area contributed by atoms with Crippen molar-refractivity contribution in [2.45, 2.75) is 40.2 Å². The normalized spacial score (nSPS) is 11.3. The maximum absolute atomic E-state index is 12.5. The van der Waals surface area contributed by atoms with Crippen LogP contribution in [0.4, 0.5) is 5.69 Å². The number of amides is 1. The Morgan fingerprint density at radius 1 is 1.04 bits per heavy atom. The molecule has 2 aromatic rings. The van der Waals surface area contributed by atoms with Gasteiger partial charge in [0.25, 0.3) is 0 Å². The number of hydrogen-bond acceptors (Lipinski definition) is 3. The first-order valence-electron chi connectivity index (χ1n) is 9.16. The monoisotopic (exact) mass is 388 g/mol. The van der Waals surface area contributed by atoms with E-state index in [1.807, 2.05) is 13.0 Å². The number of nitrogens with one attached hydrogen (secondary N) is 1. The van der Waals surface area contributed by atoms with Crippen molar-refractivity contribution in [1.82, 2.24) is 5.32 Å². The van der Waals surface area contributed by atoms with Crippen LogP contribution in [-0.4, -0.2) is 27.1 Å². The molecule has 146 valence electrons. The van der Waals surface area contributed by atoms with Gasteiger partial charge in [-0.25, -0.2) is 8.42 Å². The summed E-state index contributed by atoms with van der Waals surface area (Å²) in [6.07, 6.45) is 2.93. The number of aryl methyl sites for hydroxylation is 3. The molecular weight excluding hydrogens is 360 g/mol. The molecule has 0 aliphatic rings. The summed E-state index contributed by atoms with van der Waals surface area (Å²) in [4.78, 5) is 12.5. The minimum atomic E-state index is -3.56. The minimum Gasteiger partial charge on any atom is -0.350 e. The molecule has 0 bridgehead atoms. The van der Waals surface area contributed by atoms with Crippen LogP contribution >= 0.6 is 0 Å². The van der Waals surface area contributed by atoms with Crippen molar-refractivity contribution in [3.63, 3.8) is 0 Å². The van der Waals surface area contributed by atoms with Crippen LogP contribution in [0.1, 0.15) is 36.1 Å². The molecule has 0 saturated carbocycles. The van der Waals surface area contributed by atoms with Crippen molar-refractivity contribution in [3.8, 4) is 0 Å². The van der Waals surface area contributed by atoms with Gasteiger partial charge in [-0.1, -0.05) is 44.2 Å². The van der Waals surface area contributed by atoms with Gasteiger partial charge < -0.3 is 5.32 Å². The van der Waals surface area contributed by atoms with E-state index in [2.05, 4.69) is 37.4 Å². The van der Waals surface area contributed by atoms with Crippen LogP contribution in [0, 0.1) is 6.92 Å². The number of benzene rings is 2. The zero-order valence-electron chi connectivity index (χ0n) is 16.5. The number of sulfonamides is 1. The average Bonchev–Trinajstić information content (AvgIpc) is 2.63. The fourth-order valence-corrected chi connectivity index (χ4v) is 3.82. The Morgan fingerprint density at radius 3 is 2.37 bits per heavy atom. The summed E-state index contributed by atoms with van der Waals surface area (Å²) in [7, 11) is -3.56. The molecular formula is C21H28N2O3S. The predicted octanol–water partition coefficient (Wildman–Crippen LogP) is 3.20. The fourth-order valence-electron chi connectivity index (χ4n) is 2.97. The second-order valence-electron chi connectivity index (χ2n) is 6.70. The third-order valence-corrected chi connectivity index (χ3v) is 5.65. The fraction of sp³-hybridized carbons (Fsp3) is 0.381. The molecule has 0 aromatic heterocycles. The van der Waals surface area contributed by atoms with Crippen LogP contribution in [0.5, 0.6) is 0 Å².